The molecule has 0 atom stereocenters. The lowest BCUT2D eigenvalue weighted by Gasteiger charge is -2.08. The fourth-order valence-electron chi connectivity index (χ4n) is 2.40. The summed E-state index contributed by atoms with van der Waals surface area (Å²) < 4.78 is 0.912. The lowest BCUT2D eigenvalue weighted by atomic mass is 10.1. The minimum Gasteiger partial charge on any atom is -0.273 e. The van der Waals surface area contributed by atoms with Gasteiger partial charge in [0.05, 0.1) is 15.2 Å². The third-order valence-electron chi connectivity index (χ3n) is 3.61. The predicted molar refractivity (Wildman–Crippen MR) is 96.4 cm³/mol. The Bertz CT molecular complexity index is 865. The first-order valence-corrected chi connectivity index (χ1v) is 8.34. The summed E-state index contributed by atoms with van der Waals surface area (Å²) in [6.07, 6.45) is 0. The monoisotopic (exact) mass is 345 g/mol. The number of hydrogen-bond acceptors (Lipinski definition) is 4. The SMILES string of the molecule is Cc1ccc(C(=O)NNc2nc3c(C)ccc(Cl)c3s2)c(C)c1. The van der Waals surface area contributed by atoms with Crippen LogP contribution in [0, 0.1) is 20.8 Å². The summed E-state index contributed by atoms with van der Waals surface area (Å²) in [4.78, 5) is 16.8. The van der Waals surface area contributed by atoms with Crippen molar-refractivity contribution in [1.29, 1.82) is 0 Å². The van der Waals surface area contributed by atoms with E-state index in [-0.39, 0.29) is 5.91 Å². The van der Waals surface area contributed by atoms with Crippen LogP contribution in [-0.4, -0.2) is 10.9 Å². The number of aromatic nitrogens is 1. The third kappa shape index (κ3) is 3.16. The molecular formula is C17H16ClN3OS. The molecule has 0 fully saturated rings. The van der Waals surface area contributed by atoms with Gasteiger partial charge >= 0.3 is 0 Å². The Labute approximate surface area is 143 Å². The maximum atomic E-state index is 12.3. The first-order valence-electron chi connectivity index (χ1n) is 7.15. The van der Waals surface area contributed by atoms with Gasteiger partial charge in [0.25, 0.3) is 5.91 Å². The highest BCUT2D eigenvalue weighted by atomic mass is 35.5. The van der Waals surface area contributed by atoms with Gasteiger partial charge in [0.2, 0.25) is 5.13 Å². The maximum absolute atomic E-state index is 12.3. The molecule has 0 saturated carbocycles. The molecule has 0 aliphatic rings. The molecule has 2 aromatic carbocycles. The van der Waals surface area contributed by atoms with E-state index in [1.165, 1.54) is 11.3 Å². The van der Waals surface area contributed by atoms with E-state index in [9.17, 15) is 4.79 Å². The summed E-state index contributed by atoms with van der Waals surface area (Å²) in [5.41, 5.74) is 10.2. The van der Waals surface area contributed by atoms with Crippen LogP contribution < -0.4 is 10.9 Å². The fourth-order valence-corrected chi connectivity index (χ4v) is 3.57. The van der Waals surface area contributed by atoms with Gasteiger partial charge in [0, 0.05) is 5.56 Å². The zero-order valence-electron chi connectivity index (χ0n) is 13.0. The molecule has 0 aliphatic heterocycles. The standard InChI is InChI=1S/C17H16ClN3OS/c1-9-4-6-12(11(3)8-9)16(22)20-21-17-19-14-10(2)5-7-13(18)15(14)23-17/h4-8H,1-3H3,(H,19,21)(H,20,22). The van der Waals surface area contributed by atoms with Crippen LogP contribution in [0.5, 0.6) is 0 Å². The minimum atomic E-state index is -0.190. The van der Waals surface area contributed by atoms with Crippen molar-refractivity contribution in [2.75, 3.05) is 5.43 Å². The molecular weight excluding hydrogens is 330 g/mol. The smallest absolute Gasteiger partial charge is 0.269 e. The number of anilines is 1. The van der Waals surface area contributed by atoms with Crippen molar-refractivity contribution in [1.82, 2.24) is 10.4 Å². The van der Waals surface area contributed by atoms with E-state index in [0.29, 0.717) is 15.7 Å². The summed E-state index contributed by atoms with van der Waals surface area (Å²) in [5.74, 6) is -0.190. The van der Waals surface area contributed by atoms with Crippen LogP contribution in [0.4, 0.5) is 5.13 Å². The lowest BCUT2D eigenvalue weighted by Crippen LogP contribution is -2.29. The van der Waals surface area contributed by atoms with Gasteiger partial charge in [0.1, 0.15) is 0 Å². The van der Waals surface area contributed by atoms with Crippen molar-refractivity contribution in [3.63, 3.8) is 0 Å². The first kappa shape index (κ1) is 15.8. The average molecular weight is 346 g/mol. The van der Waals surface area contributed by atoms with Crippen molar-refractivity contribution >= 4 is 44.2 Å². The van der Waals surface area contributed by atoms with Crippen LogP contribution >= 0.6 is 22.9 Å². The molecule has 0 radical (unpaired) electrons. The highest BCUT2D eigenvalue weighted by Gasteiger charge is 2.12. The molecule has 1 heterocycles. The maximum Gasteiger partial charge on any atom is 0.269 e. The Hall–Kier alpha value is -2.11. The second kappa shape index (κ2) is 6.18. The van der Waals surface area contributed by atoms with Gasteiger partial charge in [-0.3, -0.25) is 15.6 Å². The molecule has 1 aromatic heterocycles. The number of thiazole rings is 1. The zero-order valence-corrected chi connectivity index (χ0v) is 14.6. The van der Waals surface area contributed by atoms with Crippen molar-refractivity contribution in [2.45, 2.75) is 20.8 Å². The Kier molecular flexibility index (Phi) is 4.24. The van der Waals surface area contributed by atoms with E-state index in [0.717, 1.165) is 26.9 Å². The number of amides is 1. The van der Waals surface area contributed by atoms with Crippen molar-refractivity contribution in [2.24, 2.45) is 0 Å². The number of fused-ring (bicyclic) bond motifs is 1. The van der Waals surface area contributed by atoms with Gasteiger partial charge in [-0.2, -0.15) is 0 Å². The fraction of sp³-hybridized carbons (Fsp3) is 0.176. The molecule has 0 aliphatic carbocycles. The Morgan fingerprint density at radius 3 is 2.61 bits per heavy atom. The molecule has 6 heteroatoms. The quantitative estimate of drug-likeness (QED) is 0.680. The van der Waals surface area contributed by atoms with Crippen LogP contribution in [0.2, 0.25) is 5.02 Å². The first-order chi connectivity index (χ1) is 11.0. The number of hydrogen-bond donors (Lipinski definition) is 2. The molecule has 3 rings (SSSR count). The average Bonchev–Trinajstić information content (AvgIpc) is 2.94. The van der Waals surface area contributed by atoms with Crippen LogP contribution in [-0.2, 0) is 0 Å². The molecule has 118 valence electrons. The Balaban J connectivity index is 1.79. The summed E-state index contributed by atoms with van der Waals surface area (Å²) in [5, 5.41) is 1.27. The van der Waals surface area contributed by atoms with E-state index < -0.39 is 0 Å². The van der Waals surface area contributed by atoms with E-state index in [1.807, 2.05) is 51.1 Å². The topological polar surface area (TPSA) is 54.0 Å². The second-order valence-electron chi connectivity index (χ2n) is 5.46. The number of rotatable bonds is 3. The van der Waals surface area contributed by atoms with Crippen LogP contribution in [0.15, 0.2) is 30.3 Å². The van der Waals surface area contributed by atoms with Gasteiger partial charge in [-0.15, -0.1) is 0 Å². The number of carbonyl (C=O) groups excluding carboxylic acids is 1. The number of benzene rings is 2. The van der Waals surface area contributed by atoms with Gasteiger partial charge in [-0.1, -0.05) is 46.7 Å². The Morgan fingerprint density at radius 1 is 1.13 bits per heavy atom. The normalized spacial score (nSPS) is 10.8. The van der Waals surface area contributed by atoms with Gasteiger partial charge in [-0.05, 0) is 44.0 Å². The summed E-state index contributed by atoms with van der Waals surface area (Å²) >= 11 is 7.60. The molecule has 4 nitrogen and oxygen atoms in total. The zero-order chi connectivity index (χ0) is 16.6. The van der Waals surface area contributed by atoms with Gasteiger partial charge in [-0.25, -0.2) is 4.98 Å². The highest BCUT2D eigenvalue weighted by Crippen LogP contribution is 2.33. The number of aryl methyl sites for hydroxylation is 3. The van der Waals surface area contributed by atoms with Crippen molar-refractivity contribution in [3.8, 4) is 0 Å². The van der Waals surface area contributed by atoms with E-state index >= 15 is 0 Å². The van der Waals surface area contributed by atoms with Crippen LogP contribution in [0.1, 0.15) is 27.0 Å². The molecule has 2 N–H and O–H groups in total. The number of nitrogens with zero attached hydrogens (tertiary/aromatic N) is 1. The minimum absolute atomic E-state index is 0.190. The number of carbonyl (C=O) groups is 1. The Morgan fingerprint density at radius 2 is 1.91 bits per heavy atom. The lowest BCUT2D eigenvalue weighted by molar-refractivity contribution is 0.0962. The predicted octanol–water partition coefficient (Wildman–Crippen LogP) is 4.63. The van der Waals surface area contributed by atoms with Crippen LogP contribution in [0.3, 0.4) is 0 Å². The number of nitrogens with one attached hydrogen (secondary N) is 2. The van der Waals surface area contributed by atoms with E-state index in [1.54, 1.807) is 0 Å². The summed E-state index contributed by atoms with van der Waals surface area (Å²) in [7, 11) is 0. The number of halogens is 1. The summed E-state index contributed by atoms with van der Waals surface area (Å²) in [6.45, 7) is 5.90. The molecule has 3 aromatic rings. The molecule has 1 amide bonds. The number of hydrazine groups is 1. The highest BCUT2D eigenvalue weighted by molar-refractivity contribution is 7.22. The van der Waals surface area contributed by atoms with Crippen molar-refractivity contribution < 1.29 is 4.79 Å². The van der Waals surface area contributed by atoms with Gasteiger partial charge < -0.3 is 0 Å². The second-order valence-corrected chi connectivity index (χ2v) is 6.86. The van der Waals surface area contributed by atoms with E-state index in [2.05, 4.69) is 15.8 Å². The van der Waals surface area contributed by atoms with E-state index in [4.69, 9.17) is 11.6 Å². The van der Waals surface area contributed by atoms with Gasteiger partial charge in [0.15, 0.2) is 0 Å². The largest absolute Gasteiger partial charge is 0.273 e. The van der Waals surface area contributed by atoms with Crippen LogP contribution in [0.25, 0.3) is 10.2 Å². The molecule has 23 heavy (non-hydrogen) atoms. The molecule has 0 spiro atoms. The third-order valence-corrected chi connectivity index (χ3v) is 5.04. The molecule has 0 bridgehead atoms. The van der Waals surface area contributed by atoms with Crippen molar-refractivity contribution in [3.05, 3.63) is 57.6 Å². The summed E-state index contributed by atoms with van der Waals surface area (Å²) in [6, 6.07) is 9.51. The molecule has 0 unspecified atom stereocenters. The molecule has 0 saturated heterocycles.